The number of nitrogen functional groups attached to an aromatic ring is 1. The zero-order valence-corrected chi connectivity index (χ0v) is 14.3. The molecule has 0 radical (unpaired) electrons. The smallest absolute Gasteiger partial charge is 0.0541 e. The average Bonchev–Trinajstić information content (AvgIpc) is 3.03. The van der Waals surface area contributed by atoms with Crippen LogP contribution in [0.3, 0.4) is 0 Å². The Bertz CT molecular complexity index is 1220. The molecule has 2 nitrogen and oxygen atoms in total. The van der Waals surface area contributed by atoms with Gasteiger partial charge in [-0.25, -0.2) is 0 Å². The van der Waals surface area contributed by atoms with Gasteiger partial charge in [-0.05, 0) is 53.6 Å². The van der Waals surface area contributed by atoms with Gasteiger partial charge >= 0.3 is 0 Å². The first kappa shape index (κ1) is 14.8. The van der Waals surface area contributed by atoms with Crippen LogP contribution in [0.4, 0.5) is 5.69 Å². The molecule has 124 valence electrons. The van der Waals surface area contributed by atoms with Crippen molar-refractivity contribution < 1.29 is 0 Å². The van der Waals surface area contributed by atoms with E-state index in [1.54, 1.807) is 0 Å². The van der Waals surface area contributed by atoms with Crippen molar-refractivity contribution in [1.82, 2.24) is 4.57 Å². The summed E-state index contributed by atoms with van der Waals surface area (Å²) < 4.78 is 2.33. The number of hydrogen-bond donors (Lipinski definition) is 1. The second-order valence-electron chi connectivity index (χ2n) is 6.54. The van der Waals surface area contributed by atoms with Crippen LogP contribution in [-0.4, -0.2) is 4.57 Å². The molecule has 0 amide bonds. The minimum atomic E-state index is 0.788. The van der Waals surface area contributed by atoms with Gasteiger partial charge in [0.1, 0.15) is 0 Å². The fourth-order valence-electron chi connectivity index (χ4n) is 3.68. The topological polar surface area (TPSA) is 30.9 Å². The molecule has 5 rings (SSSR count). The molecule has 5 aromatic rings. The Morgan fingerprint density at radius 3 is 2.00 bits per heavy atom. The highest BCUT2D eigenvalue weighted by Gasteiger charge is 2.12. The molecule has 0 aliphatic carbocycles. The zero-order chi connectivity index (χ0) is 17.5. The molecule has 0 unspecified atom stereocenters. The molecule has 0 atom stereocenters. The second-order valence-corrected chi connectivity index (χ2v) is 6.54. The molecular formula is C24H18N2. The van der Waals surface area contributed by atoms with E-state index in [0.717, 1.165) is 5.69 Å². The Morgan fingerprint density at radius 1 is 0.538 bits per heavy atom. The maximum absolute atomic E-state index is 5.83. The molecule has 0 fully saturated rings. The summed E-state index contributed by atoms with van der Waals surface area (Å²) in [5, 5.41) is 2.53. The number of para-hydroxylation sites is 2. The highest BCUT2D eigenvalue weighted by molar-refractivity contribution is 6.10. The molecule has 2 heteroatoms. The molecule has 26 heavy (non-hydrogen) atoms. The highest BCUT2D eigenvalue weighted by Crippen LogP contribution is 2.34. The van der Waals surface area contributed by atoms with Gasteiger partial charge in [-0.2, -0.15) is 0 Å². The first-order chi connectivity index (χ1) is 12.8. The fraction of sp³-hybridized carbons (Fsp3) is 0. The van der Waals surface area contributed by atoms with E-state index in [9.17, 15) is 0 Å². The van der Waals surface area contributed by atoms with E-state index in [-0.39, 0.29) is 0 Å². The van der Waals surface area contributed by atoms with E-state index in [1.165, 1.54) is 38.6 Å². The van der Waals surface area contributed by atoms with Crippen LogP contribution in [0.15, 0.2) is 97.1 Å². The molecule has 0 aliphatic heterocycles. The van der Waals surface area contributed by atoms with Crippen LogP contribution in [0, 0.1) is 0 Å². The van der Waals surface area contributed by atoms with Crippen molar-refractivity contribution >= 4 is 27.5 Å². The Kier molecular flexibility index (Phi) is 3.29. The van der Waals surface area contributed by atoms with Crippen molar-refractivity contribution in [1.29, 1.82) is 0 Å². The van der Waals surface area contributed by atoms with Gasteiger partial charge in [0, 0.05) is 22.1 Å². The predicted octanol–water partition coefficient (Wildman–Crippen LogP) is 6.03. The molecular weight excluding hydrogens is 316 g/mol. The summed E-state index contributed by atoms with van der Waals surface area (Å²) in [5.41, 5.74) is 12.6. The van der Waals surface area contributed by atoms with Crippen molar-refractivity contribution in [2.24, 2.45) is 0 Å². The van der Waals surface area contributed by atoms with Crippen molar-refractivity contribution in [3.05, 3.63) is 97.1 Å². The quantitative estimate of drug-likeness (QED) is 0.392. The Hall–Kier alpha value is -3.52. The van der Waals surface area contributed by atoms with Crippen LogP contribution < -0.4 is 5.73 Å². The van der Waals surface area contributed by atoms with Gasteiger partial charge in [0.15, 0.2) is 0 Å². The fourth-order valence-corrected chi connectivity index (χ4v) is 3.68. The van der Waals surface area contributed by atoms with Gasteiger partial charge in [-0.3, -0.25) is 0 Å². The van der Waals surface area contributed by atoms with Crippen LogP contribution in [-0.2, 0) is 0 Å². The molecule has 0 aliphatic rings. The molecule has 0 saturated carbocycles. The lowest BCUT2D eigenvalue weighted by molar-refractivity contribution is 1.18. The standard InChI is InChI=1S/C24H18N2/c25-19-13-10-17(11-14-19)18-12-15-24-22(16-18)21-8-4-5-9-23(21)26(24)20-6-2-1-3-7-20/h1-16H,25H2. The number of nitrogens with two attached hydrogens (primary N) is 1. The maximum Gasteiger partial charge on any atom is 0.0541 e. The summed E-state index contributed by atoms with van der Waals surface area (Å²) in [7, 11) is 0. The normalized spacial score (nSPS) is 11.2. The van der Waals surface area contributed by atoms with Crippen LogP contribution >= 0.6 is 0 Å². The lowest BCUT2D eigenvalue weighted by atomic mass is 10.0. The SMILES string of the molecule is Nc1ccc(-c2ccc3c(c2)c2ccccc2n3-c2ccccc2)cc1. The summed E-state index contributed by atoms with van der Waals surface area (Å²) in [4.78, 5) is 0. The van der Waals surface area contributed by atoms with Gasteiger partial charge < -0.3 is 10.3 Å². The lowest BCUT2D eigenvalue weighted by Crippen LogP contribution is -1.92. The minimum Gasteiger partial charge on any atom is -0.399 e. The largest absolute Gasteiger partial charge is 0.399 e. The highest BCUT2D eigenvalue weighted by atomic mass is 15.0. The summed E-state index contributed by atoms with van der Waals surface area (Å²) in [5.74, 6) is 0. The number of rotatable bonds is 2. The molecule has 0 saturated heterocycles. The maximum atomic E-state index is 5.83. The molecule has 4 aromatic carbocycles. The molecule has 1 aromatic heterocycles. The Labute approximate surface area is 152 Å². The van der Waals surface area contributed by atoms with Crippen LogP contribution in [0.1, 0.15) is 0 Å². The minimum absolute atomic E-state index is 0.788. The first-order valence-corrected chi connectivity index (χ1v) is 8.76. The van der Waals surface area contributed by atoms with Gasteiger partial charge in [0.05, 0.1) is 11.0 Å². The predicted molar refractivity (Wildman–Crippen MR) is 111 cm³/mol. The average molecular weight is 334 g/mol. The van der Waals surface area contributed by atoms with Crippen LogP contribution in [0.25, 0.3) is 38.6 Å². The van der Waals surface area contributed by atoms with Crippen molar-refractivity contribution in [3.63, 3.8) is 0 Å². The van der Waals surface area contributed by atoms with E-state index in [0.29, 0.717) is 0 Å². The number of benzene rings is 4. The number of hydrogen-bond acceptors (Lipinski definition) is 1. The number of fused-ring (bicyclic) bond motifs is 3. The van der Waals surface area contributed by atoms with Gasteiger partial charge in [-0.1, -0.05) is 54.6 Å². The number of anilines is 1. The van der Waals surface area contributed by atoms with E-state index in [1.807, 2.05) is 12.1 Å². The Morgan fingerprint density at radius 2 is 1.19 bits per heavy atom. The monoisotopic (exact) mass is 334 g/mol. The van der Waals surface area contributed by atoms with Crippen molar-refractivity contribution in [2.75, 3.05) is 5.73 Å². The Balaban J connectivity index is 1.82. The third kappa shape index (κ3) is 2.27. The first-order valence-electron chi connectivity index (χ1n) is 8.76. The van der Waals surface area contributed by atoms with Gasteiger partial charge in [-0.15, -0.1) is 0 Å². The molecule has 0 bridgehead atoms. The summed E-state index contributed by atoms with van der Waals surface area (Å²) in [6, 6.07) is 33.8. The van der Waals surface area contributed by atoms with E-state index < -0.39 is 0 Å². The summed E-state index contributed by atoms with van der Waals surface area (Å²) >= 11 is 0. The van der Waals surface area contributed by atoms with Crippen molar-refractivity contribution in [2.45, 2.75) is 0 Å². The third-order valence-electron chi connectivity index (χ3n) is 4.93. The third-order valence-corrected chi connectivity index (χ3v) is 4.93. The van der Waals surface area contributed by atoms with E-state index in [2.05, 4.69) is 89.5 Å². The summed E-state index contributed by atoms with van der Waals surface area (Å²) in [6.45, 7) is 0. The molecule has 0 spiro atoms. The van der Waals surface area contributed by atoms with Gasteiger partial charge in [0.2, 0.25) is 0 Å². The van der Waals surface area contributed by atoms with Crippen LogP contribution in [0.5, 0.6) is 0 Å². The van der Waals surface area contributed by atoms with Crippen LogP contribution in [0.2, 0.25) is 0 Å². The number of aromatic nitrogens is 1. The van der Waals surface area contributed by atoms with Crippen molar-refractivity contribution in [3.8, 4) is 16.8 Å². The van der Waals surface area contributed by atoms with E-state index >= 15 is 0 Å². The second kappa shape index (κ2) is 5.78. The summed E-state index contributed by atoms with van der Waals surface area (Å²) in [6.07, 6.45) is 0. The number of nitrogens with zero attached hydrogens (tertiary/aromatic N) is 1. The molecule has 1 heterocycles. The van der Waals surface area contributed by atoms with Gasteiger partial charge in [0.25, 0.3) is 0 Å². The van der Waals surface area contributed by atoms with E-state index in [4.69, 9.17) is 5.73 Å². The molecule has 2 N–H and O–H groups in total. The zero-order valence-electron chi connectivity index (χ0n) is 14.3. The lowest BCUT2D eigenvalue weighted by Gasteiger charge is -2.08.